The van der Waals surface area contributed by atoms with E-state index in [9.17, 15) is 0 Å². The first-order valence-electron chi connectivity index (χ1n) is 5.50. The molecular weight excluding hydrogens is 198 g/mol. The average molecular weight is 219 g/mol. The number of allylic oxidation sites excluding steroid dienone is 1. The van der Waals surface area contributed by atoms with Crippen molar-refractivity contribution in [3.63, 3.8) is 0 Å². The van der Waals surface area contributed by atoms with Crippen LogP contribution in [0.25, 0.3) is 6.08 Å². The smallest absolute Gasteiger partial charge is 0.137 e. The second kappa shape index (κ2) is 5.71. The van der Waals surface area contributed by atoms with Gasteiger partial charge in [0.1, 0.15) is 18.9 Å². The molecule has 1 rings (SSSR count). The second-order valence-electron chi connectivity index (χ2n) is 4.84. The Morgan fingerprint density at radius 1 is 1.31 bits per heavy atom. The lowest BCUT2D eigenvalue weighted by molar-refractivity contribution is -0.870. The normalized spacial score (nSPS) is 12.0. The maximum absolute atomic E-state index is 5.70. The van der Waals surface area contributed by atoms with E-state index in [0.29, 0.717) is 0 Å². The third-order valence-corrected chi connectivity index (χ3v) is 2.20. The van der Waals surface area contributed by atoms with E-state index in [1.807, 2.05) is 30.3 Å². The van der Waals surface area contributed by atoms with Crippen LogP contribution in [-0.2, 0) is 0 Å². The second-order valence-corrected chi connectivity index (χ2v) is 4.84. The van der Waals surface area contributed by atoms with Gasteiger partial charge in [0, 0.05) is 0 Å². The van der Waals surface area contributed by atoms with Gasteiger partial charge in [-0.2, -0.15) is 0 Å². The van der Waals surface area contributed by atoms with Crippen LogP contribution in [0.3, 0.4) is 0 Å². The molecule has 0 aromatic heterocycles. The van der Waals surface area contributed by atoms with Crippen LogP contribution >= 0.6 is 0 Å². The minimum Gasteiger partial charge on any atom is -0.488 e. The summed E-state index contributed by atoms with van der Waals surface area (Å²) in [5.74, 6) is 0.920. The largest absolute Gasteiger partial charge is 0.488 e. The van der Waals surface area contributed by atoms with Crippen molar-refractivity contribution in [2.45, 2.75) is 0 Å². The molecule has 0 atom stereocenters. The summed E-state index contributed by atoms with van der Waals surface area (Å²) in [6.45, 7) is 5.41. The molecule has 1 aromatic rings. The number of ether oxygens (including phenoxy) is 1. The van der Waals surface area contributed by atoms with Crippen LogP contribution in [0.15, 0.2) is 30.3 Å². The molecule has 2 heteroatoms. The number of nitrogens with zero attached hydrogens (tertiary/aromatic N) is 1. The molecule has 0 bridgehead atoms. The Kier molecular flexibility index (Phi) is 4.56. The Hall–Kier alpha value is -1.28. The Balaban J connectivity index is 2.51. The summed E-state index contributed by atoms with van der Waals surface area (Å²) >= 11 is 0. The van der Waals surface area contributed by atoms with Crippen LogP contribution in [0.1, 0.15) is 5.56 Å². The van der Waals surface area contributed by atoms with Gasteiger partial charge in [-0.1, -0.05) is 24.3 Å². The van der Waals surface area contributed by atoms with Gasteiger partial charge in [0.15, 0.2) is 0 Å². The fraction of sp³-hybridized carbons (Fsp3) is 0.357. The fourth-order valence-corrected chi connectivity index (χ4v) is 1.28. The Bertz CT molecular complexity index is 350. The van der Waals surface area contributed by atoms with Gasteiger partial charge in [0.2, 0.25) is 0 Å². The standard InChI is InChI=1S/C14H21NO/c1-5-7-13-8-6-9-14(12-13)16-11-10-15(2,3)4/h5-9,12H,1,10-11H2,2-4H3/q+1. The van der Waals surface area contributed by atoms with Crippen molar-refractivity contribution in [3.05, 3.63) is 42.8 Å². The first-order valence-corrected chi connectivity index (χ1v) is 5.50. The first kappa shape index (κ1) is 12.8. The van der Waals surface area contributed by atoms with Crippen molar-refractivity contribution >= 4 is 6.08 Å². The molecule has 87 valence electrons. The summed E-state index contributed by atoms with van der Waals surface area (Å²) in [7, 11) is 6.47. The van der Waals surface area contributed by atoms with Crippen molar-refractivity contribution in [1.29, 1.82) is 0 Å². The molecule has 0 amide bonds. The van der Waals surface area contributed by atoms with Crippen LogP contribution in [-0.4, -0.2) is 38.8 Å². The molecule has 0 unspecified atom stereocenters. The van der Waals surface area contributed by atoms with E-state index in [1.54, 1.807) is 6.08 Å². The number of benzene rings is 1. The van der Waals surface area contributed by atoms with Crippen molar-refractivity contribution in [2.75, 3.05) is 34.3 Å². The molecule has 0 saturated carbocycles. The minimum absolute atomic E-state index is 0.737. The van der Waals surface area contributed by atoms with E-state index < -0.39 is 0 Å². The molecule has 0 saturated heterocycles. The number of hydrogen-bond donors (Lipinski definition) is 0. The lowest BCUT2D eigenvalue weighted by Gasteiger charge is -2.23. The van der Waals surface area contributed by atoms with Crippen LogP contribution in [0.2, 0.25) is 0 Å². The maximum Gasteiger partial charge on any atom is 0.137 e. The summed E-state index contributed by atoms with van der Waals surface area (Å²) in [5.41, 5.74) is 1.12. The molecule has 1 radical (unpaired) electrons. The molecule has 0 N–H and O–H groups in total. The first-order chi connectivity index (χ1) is 7.51. The van der Waals surface area contributed by atoms with Crippen molar-refractivity contribution in [1.82, 2.24) is 0 Å². The zero-order valence-corrected chi connectivity index (χ0v) is 10.4. The molecule has 0 aliphatic rings. The summed E-state index contributed by atoms with van der Waals surface area (Å²) in [4.78, 5) is 0. The lowest BCUT2D eigenvalue weighted by atomic mass is 10.2. The highest BCUT2D eigenvalue weighted by molar-refractivity contribution is 5.51. The molecule has 0 aliphatic heterocycles. The summed E-state index contributed by atoms with van der Waals surface area (Å²) in [6, 6.07) is 8.04. The predicted molar refractivity (Wildman–Crippen MR) is 69.2 cm³/mol. The minimum atomic E-state index is 0.737. The Morgan fingerprint density at radius 3 is 2.69 bits per heavy atom. The van der Waals surface area contributed by atoms with Crippen LogP contribution in [0, 0.1) is 6.92 Å². The number of quaternary nitrogens is 1. The van der Waals surface area contributed by atoms with Gasteiger partial charge >= 0.3 is 0 Å². The van der Waals surface area contributed by atoms with E-state index in [-0.39, 0.29) is 0 Å². The molecule has 0 spiro atoms. The van der Waals surface area contributed by atoms with Crippen molar-refractivity contribution in [3.8, 4) is 5.75 Å². The fourth-order valence-electron chi connectivity index (χ4n) is 1.28. The highest BCUT2D eigenvalue weighted by Gasteiger charge is 2.06. The van der Waals surface area contributed by atoms with E-state index in [1.165, 1.54) is 0 Å². The van der Waals surface area contributed by atoms with E-state index in [4.69, 9.17) is 4.74 Å². The molecule has 0 aliphatic carbocycles. The number of rotatable bonds is 5. The number of likely N-dealkylation sites (N-methyl/N-ethyl adjacent to an activating group) is 1. The lowest BCUT2D eigenvalue weighted by Crippen LogP contribution is -2.38. The van der Waals surface area contributed by atoms with Gasteiger partial charge < -0.3 is 9.22 Å². The summed E-state index contributed by atoms with van der Waals surface area (Å²) in [5, 5.41) is 0. The van der Waals surface area contributed by atoms with Crippen LogP contribution in [0.5, 0.6) is 5.75 Å². The highest BCUT2D eigenvalue weighted by Crippen LogP contribution is 2.14. The molecule has 1 aromatic carbocycles. The van der Waals surface area contributed by atoms with Gasteiger partial charge in [-0.05, 0) is 24.6 Å². The van der Waals surface area contributed by atoms with Crippen LogP contribution in [0.4, 0.5) is 0 Å². The third-order valence-electron chi connectivity index (χ3n) is 2.20. The van der Waals surface area contributed by atoms with Crippen molar-refractivity contribution < 1.29 is 9.22 Å². The van der Waals surface area contributed by atoms with Gasteiger partial charge in [-0.15, -0.1) is 0 Å². The van der Waals surface area contributed by atoms with E-state index in [0.717, 1.165) is 28.9 Å². The summed E-state index contributed by atoms with van der Waals surface area (Å²) < 4.78 is 6.61. The van der Waals surface area contributed by atoms with E-state index in [2.05, 4.69) is 28.1 Å². The maximum atomic E-state index is 5.70. The third kappa shape index (κ3) is 4.99. The average Bonchev–Trinajstić information content (AvgIpc) is 2.17. The van der Waals surface area contributed by atoms with Gasteiger partial charge in [0.25, 0.3) is 0 Å². The van der Waals surface area contributed by atoms with Gasteiger partial charge in [0.05, 0.1) is 21.1 Å². The SMILES string of the molecule is [CH2]C=Cc1cccc(OCC[N+](C)(C)C)c1. The van der Waals surface area contributed by atoms with Crippen LogP contribution < -0.4 is 4.74 Å². The predicted octanol–water partition coefficient (Wildman–Crippen LogP) is 2.62. The van der Waals surface area contributed by atoms with Crippen molar-refractivity contribution in [2.24, 2.45) is 0 Å². The molecule has 16 heavy (non-hydrogen) atoms. The Morgan fingerprint density at radius 2 is 2.06 bits per heavy atom. The monoisotopic (exact) mass is 219 g/mol. The zero-order chi connectivity index (χ0) is 12.0. The molecule has 2 nitrogen and oxygen atoms in total. The van der Waals surface area contributed by atoms with E-state index >= 15 is 0 Å². The quantitative estimate of drug-likeness (QED) is 0.692. The highest BCUT2D eigenvalue weighted by atomic mass is 16.5. The molecular formula is C14H21NO+. The molecule has 0 fully saturated rings. The van der Waals surface area contributed by atoms with Gasteiger partial charge in [-0.3, -0.25) is 0 Å². The van der Waals surface area contributed by atoms with Gasteiger partial charge in [-0.25, -0.2) is 0 Å². The molecule has 0 heterocycles. The zero-order valence-electron chi connectivity index (χ0n) is 10.4. The summed E-state index contributed by atoms with van der Waals surface area (Å²) in [6.07, 6.45) is 3.75. The number of hydrogen-bond acceptors (Lipinski definition) is 1. The topological polar surface area (TPSA) is 9.23 Å². The Labute approximate surface area is 98.7 Å².